The lowest BCUT2D eigenvalue weighted by molar-refractivity contribution is -0.137. The summed E-state index contributed by atoms with van der Waals surface area (Å²) in [6.45, 7) is 0. The summed E-state index contributed by atoms with van der Waals surface area (Å²) < 4.78 is 40.2. The molecule has 2 amide bonds. The Morgan fingerprint density at radius 1 is 0.967 bits per heavy atom. The van der Waals surface area contributed by atoms with Crippen LogP contribution < -0.4 is 10.6 Å². The molecule has 0 unspecified atom stereocenters. The molecule has 0 atom stereocenters. The van der Waals surface area contributed by atoms with Crippen LogP contribution in [0.5, 0.6) is 0 Å². The third-order valence-corrected chi connectivity index (χ3v) is 5.10. The van der Waals surface area contributed by atoms with Gasteiger partial charge in [0.2, 0.25) is 0 Å². The normalized spacial score (nSPS) is 11.4. The van der Waals surface area contributed by atoms with Gasteiger partial charge < -0.3 is 10.6 Å². The topological polar surface area (TPSA) is 75.5 Å². The number of hydrogen-bond donors (Lipinski definition) is 2. The first-order chi connectivity index (χ1) is 14.3. The largest absolute Gasteiger partial charge is 0.416 e. The van der Waals surface area contributed by atoms with E-state index in [1.165, 1.54) is 35.9 Å². The summed E-state index contributed by atoms with van der Waals surface area (Å²) in [6.07, 6.45) is -1.36. The minimum Gasteiger partial charge on any atom is -0.322 e. The van der Waals surface area contributed by atoms with Crippen molar-refractivity contribution in [3.8, 4) is 0 Å². The molecule has 152 valence electrons. The molecule has 30 heavy (non-hydrogen) atoms. The molecule has 0 saturated heterocycles. The van der Waals surface area contributed by atoms with Gasteiger partial charge in [-0.05, 0) is 36.4 Å². The molecular weight excluding hydrogens is 417 g/mol. The number of carbonyl (C=O) groups excluding carboxylic acids is 2. The van der Waals surface area contributed by atoms with Crippen LogP contribution >= 0.6 is 11.3 Å². The maximum atomic E-state index is 12.8. The van der Waals surface area contributed by atoms with Crippen molar-refractivity contribution in [3.63, 3.8) is 0 Å². The van der Waals surface area contributed by atoms with Crippen molar-refractivity contribution in [2.75, 3.05) is 10.6 Å². The number of rotatable bonds is 4. The SMILES string of the molecule is O=C(Nc1cccc(NC(=O)c2csc3cncn23)c1)c1cccc(C(F)(F)F)c1. The van der Waals surface area contributed by atoms with E-state index in [1.807, 2.05) is 0 Å². The van der Waals surface area contributed by atoms with Gasteiger partial charge in [-0.15, -0.1) is 11.3 Å². The molecule has 0 aliphatic rings. The maximum absolute atomic E-state index is 12.8. The second-order valence-corrected chi connectivity index (χ2v) is 7.18. The lowest BCUT2D eigenvalue weighted by Gasteiger charge is -2.10. The molecule has 2 heterocycles. The van der Waals surface area contributed by atoms with Crippen LogP contribution in [0.4, 0.5) is 24.5 Å². The quantitative estimate of drug-likeness (QED) is 0.483. The van der Waals surface area contributed by atoms with Gasteiger partial charge in [0.05, 0.1) is 11.8 Å². The Morgan fingerprint density at radius 3 is 2.40 bits per heavy atom. The Morgan fingerprint density at radius 2 is 1.67 bits per heavy atom. The van der Waals surface area contributed by atoms with Crippen molar-refractivity contribution in [2.45, 2.75) is 6.18 Å². The summed E-state index contributed by atoms with van der Waals surface area (Å²) in [6, 6.07) is 10.5. The summed E-state index contributed by atoms with van der Waals surface area (Å²) in [4.78, 5) is 29.7. The summed E-state index contributed by atoms with van der Waals surface area (Å²) in [7, 11) is 0. The number of carbonyl (C=O) groups is 2. The van der Waals surface area contributed by atoms with Gasteiger partial charge in [-0.25, -0.2) is 4.98 Å². The van der Waals surface area contributed by atoms with E-state index in [2.05, 4.69) is 15.6 Å². The molecule has 0 bridgehead atoms. The highest BCUT2D eigenvalue weighted by atomic mass is 32.1. The molecule has 0 saturated carbocycles. The van der Waals surface area contributed by atoms with Crippen LogP contribution in [-0.4, -0.2) is 21.2 Å². The summed E-state index contributed by atoms with van der Waals surface area (Å²) in [5.74, 6) is -1.05. The maximum Gasteiger partial charge on any atom is 0.416 e. The predicted molar refractivity (Wildman–Crippen MR) is 107 cm³/mol. The van der Waals surface area contributed by atoms with Crippen molar-refractivity contribution in [1.29, 1.82) is 0 Å². The smallest absolute Gasteiger partial charge is 0.322 e. The molecule has 2 N–H and O–H groups in total. The number of imidazole rings is 1. The van der Waals surface area contributed by atoms with Gasteiger partial charge in [-0.2, -0.15) is 13.2 Å². The molecule has 6 nitrogen and oxygen atoms in total. The Kier molecular flexibility index (Phi) is 5.00. The van der Waals surface area contributed by atoms with Crippen LogP contribution in [0.1, 0.15) is 26.4 Å². The molecule has 0 aliphatic carbocycles. The molecule has 0 spiro atoms. The number of amides is 2. The average molecular weight is 430 g/mol. The molecule has 4 rings (SSSR count). The van der Waals surface area contributed by atoms with Gasteiger partial charge in [0.1, 0.15) is 16.9 Å². The highest BCUT2D eigenvalue weighted by Crippen LogP contribution is 2.29. The average Bonchev–Trinajstić information content (AvgIpc) is 3.31. The molecule has 0 fully saturated rings. The van der Waals surface area contributed by atoms with E-state index in [4.69, 9.17) is 0 Å². The van der Waals surface area contributed by atoms with E-state index in [0.29, 0.717) is 17.1 Å². The van der Waals surface area contributed by atoms with Crippen molar-refractivity contribution < 1.29 is 22.8 Å². The first kappa shape index (κ1) is 19.6. The minimum absolute atomic E-state index is 0.125. The Balaban J connectivity index is 1.49. The van der Waals surface area contributed by atoms with E-state index in [1.54, 1.807) is 34.2 Å². The first-order valence-electron chi connectivity index (χ1n) is 8.61. The monoisotopic (exact) mass is 430 g/mol. The molecule has 0 aliphatic heterocycles. The van der Waals surface area contributed by atoms with Crippen molar-refractivity contribution >= 4 is 39.4 Å². The van der Waals surface area contributed by atoms with Gasteiger partial charge in [-0.1, -0.05) is 12.1 Å². The van der Waals surface area contributed by atoms with Crippen molar-refractivity contribution in [1.82, 2.24) is 9.38 Å². The number of nitrogens with one attached hydrogen (secondary N) is 2. The zero-order chi connectivity index (χ0) is 21.3. The number of halogens is 3. The van der Waals surface area contributed by atoms with E-state index in [-0.39, 0.29) is 11.5 Å². The van der Waals surface area contributed by atoms with Crippen molar-refractivity contribution in [2.24, 2.45) is 0 Å². The van der Waals surface area contributed by atoms with Crippen LogP contribution in [0.2, 0.25) is 0 Å². The zero-order valence-electron chi connectivity index (χ0n) is 15.1. The van der Waals surface area contributed by atoms with E-state index in [9.17, 15) is 22.8 Å². The third kappa shape index (κ3) is 4.03. The van der Waals surface area contributed by atoms with E-state index in [0.717, 1.165) is 17.0 Å². The number of benzene rings is 2. The van der Waals surface area contributed by atoms with E-state index >= 15 is 0 Å². The second kappa shape index (κ2) is 7.64. The van der Waals surface area contributed by atoms with Crippen LogP contribution in [0.15, 0.2) is 66.4 Å². The molecule has 2 aromatic carbocycles. The molecule has 4 aromatic rings. The fraction of sp³-hybridized carbons (Fsp3) is 0.0500. The summed E-state index contributed by atoms with van der Waals surface area (Å²) in [5, 5.41) is 6.97. The summed E-state index contributed by atoms with van der Waals surface area (Å²) in [5.41, 5.74) is 0.123. The highest BCUT2D eigenvalue weighted by Gasteiger charge is 2.30. The number of anilines is 2. The minimum atomic E-state index is -4.54. The van der Waals surface area contributed by atoms with E-state index < -0.39 is 17.6 Å². The zero-order valence-corrected chi connectivity index (χ0v) is 15.9. The number of fused-ring (bicyclic) bond motifs is 1. The van der Waals surface area contributed by atoms with Gasteiger partial charge >= 0.3 is 6.18 Å². The van der Waals surface area contributed by atoms with Gasteiger partial charge in [0, 0.05) is 22.3 Å². The molecular formula is C20H13F3N4O2S. The molecule has 2 aromatic heterocycles. The first-order valence-corrected chi connectivity index (χ1v) is 9.49. The molecule has 10 heteroatoms. The van der Waals surface area contributed by atoms with Crippen LogP contribution in [-0.2, 0) is 6.18 Å². The number of aromatic nitrogens is 2. The highest BCUT2D eigenvalue weighted by molar-refractivity contribution is 7.15. The summed E-state index contributed by atoms with van der Waals surface area (Å²) >= 11 is 1.37. The van der Waals surface area contributed by atoms with Gasteiger partial charge in [-0.3, -0.25) is 14.0 Å². The fourth-order valence-electron chi connectivity index (χ4n) is 2.80. The Bertz CT molecular complexity index is 1250. The number of alkyl halides is 3. The lowest BCUT2D eigenvalue weighted by atomic mass is 10.1. The van der Waals surface area contributed by atoms with Gasteiger partial charge in [0.25, 0.3) is 11.8 Å². The lowest BCUT2D eigenvalue weighted by Crippen LogP contribution is -2.15. The standard InChI is InChI=1S/C20H13F3N4O2S/c21-20(22,23)13-4-1-3-12(7-13)18(28)25-14-5-2-6-15(8-14)26-19(29)16-10-30-17-9-24-11-27(16)17/h1-11H,(H,25,28)(H,26,29). The third-order valence-electron chi connectivity index (χ3n) is 4.22. The Hall–Kier alpha value is -3.66. The van der Waals surface area contributed by atoms with Crippen LogP contribution in [0.3, 0.4) is 0 Å². The molecule has 0 radical (unpaired) electrons. The number of nitrogens with zero attached hydrogens (tertiary/aromatic N) is 2. The van der Waals surface area contributed by atoms with Gasteiger partial charge in [0.15, 0.2) is 0 Å². The van der Waals surface area contributed by atoms with Crippen molar-refractivity contribution in [3.05, 3.63) is 83.3 Å². The van der Waals surface area contributed by atoms with Crippen LogP contribution in [0, 0.1) is 0 Å². The van der Waals surface area contributed by atoms with Crippen LogP contribution in [0.25, 0.3) is 4.83 Å². The number of hydrogen-bond acceptors (Lipinski definition) is 4. The number of thiazole rings is 1. The predicted octanol–water partition coefficient (Wildman–Crippen LogP) is 4.92. The second-order valence-electron chi connectivity index (χ2n) is 6.29. The fourth-order valence-corrected chi connectivity index (χ4v) is 3.63. The Labute approximate surface area is 172 Å².